The molecule has 0 radical (unpaired) electrons. The molecule has 0 amide bonds. The van der Waals surface area contributed by atoms with Crippen molar-refractivity contribution in [3.63, 3.8) is 0 Å². The normalized spacial score (nSPS) is 11.0. The van der Waals surface area contributed by atoms with Crippen LogP contribution in [0.5, 0.6) is 0 Å². The van der Waals surface area contributed by atoms with Gasteiger partial charge in [0.15, 0.2) is 0 Å². The number of rotatable bonds is 0. The first kappa shape index (κ1) is 8.36. The Bertz CT molecular complexity index is 644. The minimum absolute atomic E-state index is 1.02. The van der Waals surface area contributed by atoms with Crippen molar-refractivity contribution in [3.8, 4) is 0 Å². The maximum Gasteiger partial charge on any atom is 0.0708 e. The molecule has 0 aliphatic carbocycles. The molecule has 0 aliphatic rings. The average Bonchev–Trinajstić information content (AvgIpc) is 2.28. The molecular formula is C13H10N2. The molecule has 0 aliphatic heterocycles. The molecular weight excluding hydrogens is 184 g/mol. The molecule has 3 aromatic rings. The Morgan fingerprint density at radius 2 is 1.93 bits per heavy atom. The van der Waals surface area contributed by atoms with Gasteiger partial charge in [-0.2, -0.15) is 0 Å². The summed E-state index contributed by atoms with van der Waals surface area (Å²) in [7, 11) is 0. The molecule has 72 valence electrons. The quantitative estimate of drug-likeness (QED) is 0.514. The van der Waals surface area contributed by atoms with E-state index in [0.29, 0.717) is 0 Å². The number of aryl methyl sites for hydroxylation is 1. The lowest BCUT2D eigenvalue weighted by molar-refractivity contribution is 1.23. The standard InChI is InChI=1S/C13H10N2/c1-9-7-10-4-5-13-11(3-2-6-14-13)12(10)8-15-9/h2-8H,1H3. The Kier molecular flexibility index (Phi) is 1.68. The Labute approximate surface area is 87.6 Å². The summed E-state index contributed by atoms with van der Waals surface area (Å²) < 4.78 is 0. The summed E-state index contributed by atoms with van der Waals surface area (Å²) in [6.45, 7) is 2.01. The van der Waals surface area contributed by atoms with Crippen LogP contribution in [0.3, 0.4) is 0 Å². The van der Waals surface area contributed by atoms with Gasteiger partial charge in [0.1, 0.15) is 0 Å². The third-order valence-corrected chi connectivity index (χ3v) is 2.62. The number of pyridine rings is 2. The molecule has 0 unspecified atom stereocenters. The fourth-order valence-electron chi connectivity index (χ4n) is 1.89. The molecule has 0 fully saturated rings. The van der Waals surface area contributed by atoms with Crippen LogP contribution in [0.2, 0.25) is 0 Å². The van der Waals surface area contributed by atoms with Gasteiger partial charge in [0.25, 0.3) is 0 Å². The lowest BCUT2D eigenvalue weighted by Crippen LogP contribution is -1.84. The van der Waals surface area contributed by atoms with Gasteiger partial charge in [0, 0.05) is 28.9 Å². The number of hydrogen-bond acceptors (Lipinski definition) is 2. The van der Waals surface area contributed by atoms with Gasteiger partial charge in [0.05, 0.1) is 5.52 Å². The van der Waals surface area contributed by atoms with Gasteiger partial charge in [-0.05, 0) is 30.5 Å². The van der Waals surface area contributed by atoms with E-state index >= 15 is 0 Å². The number of nitrogens with zero attached hydrogens (tertiary/aromatic N) is 2. The summed E-state index contributed by atoms with van der Waals surface area (Å²) in [5.74, 6) is 0. The first-order valence-electron chi connectivity index (χ1n) is 4.95. The van der Waals surface area contributed by atoms with Crippen LogP contribution in [0.4, 0.5) is 0 Å². The zero-order valence-electron chi connectivity index (χ0n) is 8.44. The number of fused-ring (bicyclic) bond motifs is 3. The van der Waals surface area contributed by atoms with Crippen LogP contribution in [-0.4, -0.2) is 9.97 Å². The fourth-order valence-corrected chi connectivity index (χ4v) is 1.89. The van der Waals surface area contributed by atoms with Gasteiger partial charge >= 0.3 is 0 Å². The topological polar surface area (TPSA) is 25.8 Å². The molecule has 0 atom stereocenters. The molecule has 0 spiro atoms. The highest BCUT2D eigenvalue weighted by Crippen LogP contribution is 2.23. The van der Waals surface area contributed by atoms with Crippen molar-refractivity contribution in [3.05, 3.63) is 48.4 Å². The number of hydrogen-bond donors (Lipinski definition) is 0. The van der Waals surface area contributed by atoms with E-state index in [9.17, 15) is 0 Å². The summed E-state index contributed by atoms with van der Waals surface area (Å²) in [5.41, 5.74) is 2.07. The van der Waals surface area contributed by atoms with Crippen molar-refractivity contribution in [1.29, 1.82) is 0 Å². The van der Waals surface area contributed by atoms with Gasteiger partial charge in [-0.15, -0.1) is 0 Å². The van der Waals surface area contributed by atoms with E-state index in [0.717, 1.165) is 11.2 Å². The summed E-state index contributed by atoms with van der Waals surface area (Å²) in [4.78, 5) is 8.66. The molecule has 15 heavy (non-hydrogen) atoms. The number of benzene rings is 1. The van der Waals surface area contributed by atoms with Crippen molar-refractivity contribution in [2.75, 3.05) is 0 Å². The van der Waals surface area contributed by atoms with Crippen LogP contribution in [-0.2, 0) is 0 Å². The van der Waals surface area contributed by atoms with E-state index in [1.165, 1.54) is 16.2 Å². The lowest BCUT2D eigenvalue weighted by Gasteiger charge is -2.02. The van der Waals surface area contributed by atoms with Crippen LogP contribution < -0.4 is 0 Å². The van der Waals surface area contributed by atoms with Crippen LogP contribution in [0, 0.1) is 6.92 Å². The van der Waals surface area contributed by atoms with E-state index in [1.54, 1.807) is 0 Å². The fraction of sp³-hybridized carbons (Fsp3) is 0.0769. The van der Waals surface area contributed by atoms with Gasteiger partial charge in [-0.25, -0.2) is 0 Å². The molecule has 0 saturated carbocycles. The van der Waals surface area contributed by atoms with Crippen LogP contribution in [0.15, 0.2) is 42.7 Å². The molecule has 3 rings (SSSR count). The maximum atomic E-state index is 4.33. The minimum Gasteiger partial charge on any atom is -0.261 e. The summed E-state index contributed by atoms with van der Waals surface area (Å²) in [6, 6.07) is 10.3. The van der Waals surface area contributed by atoms with E-state index < -0.39 is 0 Å². The van der Waals surface area contributed by atoms with E-state index in [-0.39, 0.29) is 0 Å². The zero-order chi connectivity index (χ0) is 10.3. The van der Waals surface area contributed by atoms with Crippen molar-refractivity contribution in [1.82, 2.24) is 9.97 Å². The summed E-state index contributed by atoms with van der Waals surface area (Å²) in [6.07, 6.45) is 3.74. The number of aromatic nitrogens is 2. The Morgan fingerprint density at radius 1 is 1.00 bits per heavy atom. The van der Waals surface area contributed by atoms with Crippen molar-refractivity contribution in [2.45, 2.75) is 6.92 Å². The predicted octanol–water partition coefficient (Wildman–Crippen LogP) is 3.09. The van der Waals surface area contributed by atoms with E-state index in [2.05, 4.69) is 34.2 Å². The molecule has 2 nitrogen and oxygen atoms in total. The SMILES string of the molecule is Cc1cc2ccc3ncccc3c2cn1. The Hall–Kier alpha value is -1.96. The highest BCUT2D eigenvalue weighted by molar-refractivity contribution is 6.05. The van der Waals surface area contributed by atoms with E-state index in [4.69, 9.17) is 0 Å². The molecule has 1 aromatic carbocycles. The first-order valence-corrected chi connectivity index (χ1v) is 4.95. The highest BCUT2D eigenvalue weighted by atomic mass is 14.7. The van der Waals surface area contributed by atoms with Gasteiger partial charge in [0.2, 0.25) is 0 Å². The Morgan fingerprint density at radius 3 is 2.87 bits per heavy atom. The summed E-state index contributed by atoms with van der Waals surface area (Å²) in [5, 5.41) is 3.57. The largest absolute Gasteiger partial charge is 0.261 e. The van der Waals surface area contributed by atoms with Crippen molar-refractivity contribution >= 4 is 21.7 Å². The molecule has 0 N–H and O–H groups in total. The zero-order valence-corrected chi connectivity index (χ0v) is 8.44. The van der Waals surface area contributed by atoms with E-state index in [1.807, 2.05) is 25.4 Å². The molecule has 2 aromatic heterocycles. The molecule has 2 heterocycles. The first-order chi connectivity index (χ1) is 7.34. The minimum atomic E-state index is 1.02. The van der Waals surface area contributed by atoms with Crippen LogP contribution in [0.25, 0.3) is 21.7 Å². The summed E-state index contributed by atoms with van der Waals surface area (Å²) >= 11 is 0. The lowest BCUT2D eigenvalue weighted by atomic mass is 10.1. The maximum absolute atomic E-state index is 4.33. The third-order valence-electron chi connectivity index (χ3n) is 2.62. The monoisotopic (exact) mass is 194 g/mol. The third kappa shape index (κ3) is 1.26. The molecule has 0 saturated heterocycles. The van der Waals surface area contributed by atoms with Crippen molar-refractivity contribution < 1.29 is 0 Å². The molecule has 2 heteroatoms. The van der Waals surface area contributed by atoms with Crippen LogP contribution >= 0.6 is 0 Å². The average molecular weight is 194 g/mol. The van der Waals surface area contributed by atoms with Crippen molar-refractivity contribution in [2.24, 2.45) is 0 Å². The van der Waals surface area contributed by atoms with Gasteiger partial charge in [-0.3, -0.25) is 9.97 Å². The Balaban J connectivity index is 2.55. The second-order valence-electron chi connectivity index (χ2n) is 3.68. The van der Waals surface area contributed by atoms with Gasteiger partial charge < -0.3 is 0 Å². The smallest absolute Gasteiger partial charge is 0.0708 e. The second kappa shape index (κ2) is 3.02. The highest BCUT2D eigenvalue weighted by Gasteiger charge is 2.00. The van der Waals surface area contributed by atoms with Crippen LogP contribution in [0.1, 0.15) is 5.69 Å². The van der Waals surface area contributed by atoms with Gasteiger partial charge in [-0.1, -0.05) is 12.1 Å². The second-order valence-corrected chi connectivity index (χ2v) is 3.68. The predicted molar refractivity (Wildman–Crippen MR) is 61.8 cm³/mol. The molecule has 0 bridgehead atoms.